The van der Waals surface area contributed by atoms with E-state index in [4.69, 9.17) is 33.3 Å². The highest BCUT2D eigenvalue weighted by Gasteiger charge is 2.20. The highest BCUT2D eigenvalue weighted by Crippen LogP contribution is 2.29. The number of ether oxygens (including phenoxy) is 1. The number of halogens is 2. The molecule has 0 aromatic carbocycles. The van der Waals surface area contributed by atoms with Crippen molar-refractivity contribution in [2.75, 3.05) is 0 Å². The van der Waals surface area contributed by atoms with E-state index in [2.05, 4.69) is 4.37 Å². The van der Waals surface area contributed by atoms with Crippen molar-refractivity contribution in [3.05, 3.63) is 15.1 Å². The Kier molecular flexibility index (Phi) is 3.40. The van der Waals surface area contributed by atoms with Gasteiger partial charge in [0.05, 0.1) is 0 Å². The van der Waals surface area contributed by atoms with Gasteiger partial charge in [-0.05, 0) is 32.3 Å². The van der Waals surface area contributed by atoms with E-state index in [0.29, 0.717) is 4.88 Å². The third-order valence-corrected chi connectivity index (χ3v) is 3.01. The Hall–Kier alpha value is -0.320. The smallest absolute Gasteiger partial charge is 0.227 e. The maximum atomic E-state index is 7.64. The monoisotopic (exact) mass is 252 g/mol. The van der Waals surface area contributed by atoms with Crippen molar-refractivity contribution in [3.8, 4) is 0 Å². The molecule has 0 bridgehead atoms. The number of nitrogens with zero attached hydrogens (tertiary/aromatic N) is 1. The number of aromatic nitrogens is 1. The summed E-state index contributed by atoms with van der Waals surface area (Å²) < 4.78 is 9.15. The fourth-order valence-corrected chi connectivity index (χ4v) is 1.85. The molecule has 14 heavy (non-hydrogen) atoms. The van der Waals surface area contributed by atoms with E-state index in [0.717, 1.165) is 11.5 Å². The quantitative estimate of drug-likeness (QED) is 0.614. The summed E-state index contributed by atoms with van der Waals surface area (Å²) in [5.74, 6) is 0.00639. The summed E-state index contributed by atoms with van der Waals surface area (Å²) in [4.78, 5) is 0.464. The Labute approximate surface area is 96.7 Å². The Morgan fingerprint density at radius 1 is 1.43 bits per heavy atom. The fraction of sp³-hybridized carbons (Fsp3) is 0.500. The van der Waals surface area contributed by atoms with Crippen LogP contribution in [0.25, 0.3) is 0 Å². The van der Waals surface area contributed by atoms with Crippen molar-refractivity contribution >= 4 is 40.6 Å². The minimum atomic E-state index is -0.420. The Bertz CT molecular complexity index is 357. The maximum absolute atomic E-state index is 7.64. The summed E-state index contributed by atoms with van der Waals surface area (Å²) in [5, 5.41) is 8.14. The van der Waals surface area contributed by atoms with Crippen LogP contribution in [-0.2, 0) is 4.74 Å². The summed E-state index contributed by atoms with van der Waals surface area (Å²) in [6.07, 6.45) is 0. The van der Waals surface area contributed by atoms with Crippen LogP contribution in [-0.4, -0.2) is 15.9 Å². The summed E-state index contributed by atoms with van der Waals surface area (Å²) in [6.45, 7) is 5.58. The average molecular weight is 253 g/mol. The van der Waals surface area contributed by atoms with E-state index < -0.39 is 5.60 Å². The molecule has 1 aromatic rings. The van der Waals surface area contributed by atoms with Crippen molar-refractivity contribution in [3.63, 3.8) is 0 Å². The van der Waals surface area contributed by atoms with Gasteiger partial charge in [0.2, 0.25) is 5.90 Å². The van der Waals surface area contributed by atoms with Gasteiger partial charge in [-0.25, -0.2) is 0 Å². The number of rotatable bonds is 1. The van der Waals surface area contributed by atoms with Gasteiger partial charge in [-0.2, -0.15) is 4.37 Å². The van der Waals surface area contributed by atoms with E-state index in [1.807, 2.05) is 20.8 Å². The molecule has 0 saturated carbocycles. The first-order chi connectivity index (χ1) is 6.31. The average Bonchev–Trinajstić information content (AvgIpc) is 2.29. The van der Waals surface area contributed by atoms with Gasteiger partial charge >= 0.3 is 0 Å². The summed E-state index contributed by atoms with van der Waals surface area (Å²) in [6, 6.07) is 0. The molecule has 0 spiro atoms. The minimum absolute atomic E-state index is 0.00639. The Morgan fingerprint density at radius 2 is 2.00 bits per heavy atom. The zero-order chi connectivity index (χ0) is 10.9. The molecule has 0 radical (unpaired) electrons. The topological polar surface area (TPSA) is 46.0 Å². The molecular formula is C8H10Cl2N2OS. The fourth-order valence-electron chi connectivity index (χ4n) is 0.753. The van der Waals surface area contributed by atoms with Crippen LogP contribution >= 0.6 is 34.7 Å². The Morgan fingerprint density at radius 3 is 2.36 bits per heavy atom. The minimum Gasteiger partial charge on any atom is -0.471 e. The summed E-state index contributed by atoms with van der Waals surface area (Å²) in [5.41, 5.74) is -0.420. The highest BCUT2D eigenvalue weighted by atomic mass is 35.5. The van der Waals surface area contributed by atoms with E-state index >= 15 is 0 Å². The maximum Gasteiger partial charge on any atom is 0.227 e. The number of hydrogen-bond acceptors (Lipinski definition) is 4. The molecule has 0 aliphatic carbocycles. The van der Waals surface area contributed by atoms with Crippen LogP contribution in [0.4, 0.5) is 0 Å². The van der Waals surface area contributed by atoms with Crippen molar-refractivity contribution < 1.29 is 4.74 Å². The molecular weight excluding hydrogens is 243 g/mol. The van der Waals surface area contributed by atoms with Gasteiger partial charge in [-0.1, -0.05) is 23.2 Å². The first-order valence-corrected chi connectivity index (χ1v) is 5.43. The molecule has 0 aliphatic heterocycles. The first kappa shape index (κ1) is 11.8. The van der Waals surface area contributed by atoms with Crippen molar-refractivity contribution in [2.45, 2.75) is 26.4 Å². The largest absolute Gasteiger partial charge is 0.471 e. The molecule has 0 fully saturated rings. The molecule has 0 atom stereocenters. The molecule has 6 heteroatoms. The van der Waals surface area contributed by atoms with Gasteiger partial charge in [0.1, 0.15) is 15.5 Å². The van der Waals surface area contributed by atoms with Crippen molar-refractivity contribution in [2.24, 2.45) is 0 Å². The van der Waals surface area contributed by atoms with Crippen LogP contribution in [0.5, 0.6) is 0 Å². The number of nitrogens with one attached hydrogen (secondary N) is 1. The van der Waals surface area contributed by atoms with Gasteiger partial charge in [-0.15, -0.1) is 0 Å². The van der Waals surface area contributed by atoms with Crippen LogP contribution < -0.4 is 0 Å². The van der Waals surface area contributed by atoms with Crippen LogP contribution in [0.2, 0.25) is 10.2 Å². The molecule has 3 nitrogen and oxygen atoms in total. The predicted molar refractivity (Wildman–Crippen MR) is 59.8 cm³/mol. The predicted octanol–water partition coefficient (Wildman–Crippen LogP) is 3.59. The second kappa shape index (κ2) is 4.04. The lowest BCUT2D eigenvalue weighted by Crippen LogP contribution is -2.23. The summed E-state index contributed by atoms with van der Waals surface area (Å²) in [7, 11) is 0. The van der Waals surface area contributed by atoms with Gasteiger partial charge < -0.3 is 4.74 Å². The third kappa shape index (κ3) is 2.83. The lowest BCUT2D eigenvalue weighted by atomic mass is 10.2. The van der Waals surface area contributed by atoms with Crippen LogP contribution in [0.15, 0.2) is 0 Å². The standard InChI is InChI=1S/C8H10Cl2N2OS/c1-8(2,3)13-7(11)5-4(9)6(10)12-14-5/h11H,1-3H3. The second-order valence-electron chi connectivity index (χ2n) is 3.66. The molecule has 0 amide bonds. The molecule has 0 unspecified atom stereocenters. The summed E-state index contributed by atoms with van der Waals surface area (Å²) >= 11 is 12.5. The number of hydrogen-bond donors (Lipinski definition) is 1. The third-order valence-electron chi connectivity index (χ3n) is 1.21. The molecule has 1 aromatic heterocycles. The van der Waals surface area contributed by atoms with Crippen molar-refractivity contribution in [1.29, 1.82) is 5.41 Å². The SMILES string of the molecule is CC(C)(C)OC(=N)c1snc(Cl)c1Cl. The first-order valence-electron chi connectivity index (χ1n) is 3.90. The van der Waals surface area contributed by atoms with Gasteiger partial charge in [-0.3, -0.25) is 5.41 Å². The molecule has 1 heterocycles. The van der Waals surface area contributed by atoms with E-state index in [9.17, 15) is 0 Å². The van der Waals surface area contributed by atoms with Gasteiger partial charge in [0, 0.05) is 0 Å². The lowest BCUT2D eigenvalue weighted by molar-refractivity contribution is 0.116. The molecule has 0 saturated heterocycles. The molecule has 1 N–H and O–H groups in total. The second-order valence-corrected chi connectivity index (χ2v) is 5.17. The van der Waals surface area contributed by atoms with Crippen LogP contribution in [0.3, 0.4) is 0 Å². The van der Waals surface area contributed by atoms with Gasteiger partial charge in [0.25, 0.3) is 0 Å². The molecule has 0 aliphatic rings. The van der Waals surface area contributed by atoms with Crippen LogP contribution in [0.1, 0.15) is 25.6 Å². The van der Waals surface area contributed by atoms with Gasteiger partial charge in [0.15, 0.2) is 5.15 Å². The van der Waals surface area contributed by atoms with E-state index in [1.54, 1.807) is 0 Å². The molecule has 78 valence electrons. The normalized spacial score (nSPS) is 11.5. The zero-order valence-electron chi connectivity index (χ0n) is 8.02. The van der Waals surface area contributed by atoms with E-state index in [-0.39, 0.29) is 16.1 Å². The Balaban J connectivity index is 2.86. The molecule has 1 rings (SSSR count). The lowest BCUT2D eigenvalue weighted by Gasteiger charge is -2.20. The van der Waals surface area contributed by atoms with Crippen molar-refractivity contribution in [1.82, 2.24) is 4.37 Å². The van der Waals surface area contributed by atoms with E-state index in [1.165, 1.54) is 0 Å². The highest BCUT2D eigenvalue weighted by molar-refractivity contribution is 7.09. The van der Waals surface area contributed by atoms with Crippen LogP contribution in [0, 0.1) is 5.41 Å². The zero-order valence-corrected chi connectivity index (χ0v) is 10.3.